The van der Waals surface area contributed by atoms with Crippen molar-refractivity contribution in [3.8, 4) is 12.3 Å². The predicted octanol–water partition coefficient (Wildman–Crippen LogP) is 4.60. The molecule has 0 saturated carbocycles. The molecule has 3 aromatic rings. The van der Waals surface area contributed by atoms with Crippen LogP contribution in [0.4, 0.5) is 28.8 Å². The van der Waals surface area contributed by atoms with Crippen molar-refractivity contribution in [2.24, 2.45) is 0 Å². The van der Waals surface area contributed by atoms with Gasteiger partial charge in [-0.05, 0) is 61.4 Å². The van der Waals surface area contributed by atoms with Gasteiger partial charge in [-0.1, -0.05) is 12.0 Å². The molecule has 3 N–H and O–H groups in total. The van der Waals surface area contributed by atoms with Crippen LogP contribution in [-0.2, 0) is 0 Å². The van der Waals surface area contributed by atoms with Gasteiger partial charge in [0.05, 0.1) is 0 Å². The highest BCUT2D eigenvalue weighted by Gasteiger charge is 2.08. The topological polar surface area (TPSA) is 61.9 Å². The van der Waals surface area contributed by atoms with Crippen LogP contribution in [0.5, 0.6) is 0 Å². The Balaban J connectivity index is 1.83. The molecule has 0 spiro atoms. The molecule has 0 unspecified atom stereocenters. The number of benzene rings is 2. The third-order valence-corrected chi connectivity index (χ3v) is 4.16. The summed E-state index contributed by atoms with van der Waals surface area (Å²) in [5, 5.41) is 9.79. The first kappa shape index (κ1) is 17.3. The number of terminal acetylenes is 1. The van der Waals surface area contributed by atoms with Gasteiger partial charge < -0.3 is 16.0 Å². The fourth-order valence-electron chi connectivity index (χ4n) is 2.71. The maximum absolute atomic E-state index is 5.38. The SMILES string of the molecule is C#Cc1ccc(Nc2nccc(Nc3c(C)ccc(NC)c3C)n2)cc1. The molecule has 1 heterocycles. The van der Waals surface area contributed by atoms with E-state index in [1.54, 1.807) is 6.20 Å². The summed E-state index contributed by atoms with van der Waals surface area (Å²) in [6.45, 7) is 4.15. The van der Waals surface area contributed by atoms with Gasteiger partial charge in [0.25, 0.3) is 0 Å². The van der Waals surface area contributed by atoms with Crippen LogP contribution in [0.1, 0.15) is 16.7 Å². The average Bonchev–Trinajstić information content (AvgIpc) is 2.66. The molecule has 0 radical (unpaired) electrons. The van der Waals surface area contributed by atoms with Crippen LogP contribution in [0.15, 0.2) is 48.7 Å². The van der Waals surface area contributed by atoms with Gasteiger partial charge in [-0.3, -0.25) is 0 Å². The van der Waals surface area contributed by atoms with Gasteiger partial charge in [0, 0.05) is 35.9 Å². The van der Waals surface area contributed by atoms with E-state index < -0.39 is 0 Å². The van der Waals surface area contributed by atoms with E-state index in [2.05, 4.69) is 57.8 Å². The second-order valence-corrected chi connectivity index (χ2v) is 5.92. The first-order valence-electron chi connectivity index (χ1n) is 8.32. The fraction of sp³-hybridized carbons (Fsp3) is 0.143. The van der Waals surface area contributed by atoms with Gasteiger partial charge in [0.1, 0.15) is 5.82 Å². The van der Waals surface area contributed by atoms with E-state index in [9.17, 15) is 0 Å². The van der Waals surface area contributed by atoms with Gasteiger partial charge in [0.15, 0.2) is 0 Å². The van der Waals surface area contributed by atoms with Crippen molar-refractivity contribution < 1.29 is 0 Å². The van der Waals surface area contributed by atoms with Crippen molar-refractivity contribution >= 4 is 28.8 Å². The van der Waals surface area contributed by atoms with E-state index in [4.69, 9.17) is 6.42 Å². The molecule has 3 rings (SSSR count). The Hall–Kier alpha value is -3.52. The van der Waals surface area contributed by atoms with Gasteiger partial charge in [-0.25, -0.2) is 4.98 Å². The lowest BCUT2D eigenvalue weighted by Gasteiger charge is -2.16. The summed E-state index contributed by atoms with van der Waals surface area (Å²) >= 11 is 0. The molecule has 0 atom stereocenters. The summed E-state index contributed by atoms with van der Waals surface area (Å²) in [4.78, 5) is 8.83. The number of anilines is 5. The molecule has 0 bridgehead atoms. The minimum Gasteiger partial charge on any atom is -0.388 e. The van der Waals surface area contributed by atoms with Crippen molar-refractivity contribution in [1.82, 2.24) is 9.97 Å². The summed E-state index contributed by atoms with van der Waals surface area (Å²) in [6, 6.07) is 13.6. The predicted molar refractivity (Wildman–Crippen MR) is 108 cm³/mol. The minimum atomic E-state index is 0.517. The Labute approximate surface area is 153 Å². The zero-order chi connectivity index (χ0) is 18.5. The summed E-state index contributed by atoms with van der Waals surface area (Å²) < 4.78 is 0. The number of nitrogens with zero attached hydrogens (tertiary/aromatic N) is 2. The Morgan fingerprint density at radius 1 is 0.962 bits per heavy atom. The highest BCUT2D eigenvalue weighted by Crippen LogP contribution is 2.29. The molecular weight excluding hydrogens is 322 g/mol. The lowest BCUT2D eigenvalue weighted by Crippen LogP contribution is -2.03. The Bertz CT molecular complexity index is 955. The van der Waals surface area contributed by atoms with E-state index in [0.29, 0.717) is 5.95 Å². The summed E-state index contributed by atoms with van der Waals surface area (Å²) in [6.07, 6.45) is 7.11. The van der Waals surface area contributed by atoms with Crippen LogP contribution in [-0.4, -0.2) is 17.0 Å². The lowest BCUT2D eigenvalue weighted by molar-refractivity contribution is 1.16. The molecule has 0 saturated heterocycles. The number of nitrogens with one attached hydrogen (secondary N) is 3. The highest BCUT2D eigenvalue weighted by atomic mass is 15.1. The summed E-state index contributed by atoms with van der Waals surface area (Å²) in [5.41, 5.74) is 6.14. The van der Waals surface area contributed by atoms with E-state index in [1.807, 2.05) is 37.4 Å². The van der Waals surface area contributed by atoms with E-state index >= 15 is 0 Å². The van der Waals surface area contributed by atoms with Gasteiger partial charge in [-0.2, -0.15) is 4.98 Å². The van der Waals surface area contributed by atoms with Crippen LogP contribution in [0, 0.1) is 26.2 Å². The van der Waals surface area contributed by atoms with E-state index in [1.165, 1.54) is 0 Å². The normalized spacial score (nSPS) is 10.1. The molecule has 130 valence electrons. The molecule has 0 aliphatic rings. The Morgan fingerprint density at radius 3 is 2.42 bits per heavy atom. The molecular formula is C21H21N5. The highest BCUT2D eigenvalue weighted by molar-refractivity contribution is 5.72. The summed E-state index contributed by atoms with van der Waals surface area (Å²) in [5.74, 6) is 3.84. The zero-order valence-electron chi connectivity index (χ0n) is 15.1. The monoisotopic (exact) mass is 343 g/mol. The van der Waals surface area contributed by atoms with Gasteiger partial charge in [-0.15, -0.1) is 6.42 Å². The molecule has 5 heteroatoms. The third-order valence-electron chi connectivity index (χ3n) is 4.16. The second-order valence-electron chi connectivity index (χ2n) is 5.92. The lowest BCUT2D eigenvalue weighted by atomic mass is 10.1. The number of rotatable bonds is 5. The molecule has 2 aromatic carbocycles. The van der Waals surface area contributed by atoms with Crippen molar-refractivity contribution in [3.05, 3.63) is 65.4 Å². The zero-order valence-corrected chi connectivity index (χ0v) is 15.1. The number of hydrogen-bond acceptors (Lipinski definition) is 5. The fourth-order valence-corrected chi connectivity index (χ4v) is 2.71. The molecule has 0 aliphatic carbocycles. The van der Waals surface area contributed by atoms with Crippen LogP contribution in [0.25, 0.3) is 0 Å². The maximum atomic E-state index is 5.38. The van der Waals surface area contributed by atoms with E-state index in [0.717, 1.165) is 39.6 Å². The first-order chi connectivity index (χ1) is 12.6. The Morgan fingerprint density at radius 2 is 1.73 bits per heavy atom. The van der Waals surface area contributed by atoms with Crippen LogP contribution in [0.2, 0.25) is 0 Å². The largest absolute Gasteiger partial charge is 0.388 e. The van der Waals surface area contributed by atoms with Crippen LogP contribution < -0.4 is 16.0 Å². The molecule has 5 nitrogen and oxygen atoms in total. The molecule has 0 aliphatic heterocycles. The molecule has 0 fully saturated rings. The van der Waals surface area contributed by atoms with Crippen LogP contribution >= 0.6 is 0 Å². The van der Waals surface area contributed by atoms with Crippen molar-refractivity contribution in [3.63, 3.8) is 0 Å². The van der Waals surface area contributed by atoms with Crippen LogP contribution in [0.3, 0.4) is 0 Å². The number of hydrogen-bond donors (Lipinski definition) is 3. The quantitative estimate of drug-likeness (QED) is 0.591. The minimum absolute atomic E-state index is 0.517. The standard InChI is InChI=1S/C21H21N5/c1-5-16-7-9-17(10-8-16)24-21-23-13-12-19(26-21)25-20-14(2)6-11-18(22-4)15(20)3/h1,6-13,22H,2-4H3,(H2,23,24,25,26). The maximum Gasteiger partial charge on any atom is 0.229 e. The summed E-state index contributed by atoms with van der Waals surface area (Å²) in [7, 11) is 1.92. The molecule has 0 amide bonds. The van der Waals surface area contributed by atoms with Gasteiger partial charge in [0.2, 0.25) is 5.95 Å². The van der Waals surface area contributed by atoms with Crippen molar-refractivity contribution in [1.29, 1.82) is 0 Å². The van der Waals surface area contributed by atoms with Crippen molar-refractivity contribution in [2.45, 2.75) is 13.8 Å². The first-order valence-corrected chi connectivity index (χ1v) is 8.32. The third kappa shape index (κ3) is 3.76. The Kier molecular flexibility index (Phi) is 5.04. The smallest absolute Gasteiger partial charge is 0.229 e. The average molecular weight is 343 g/mol. The number of aryl methyl sites for hydroxylation is 1. The van der Waals surface area contributed by atoms with Gasteiger partial charge >= 0.3 is 0 Å². The van der Waals surface area contributed by atoms with E-state index in [-0.39, 0.29) is 0 Å². The molecule has 26 heavy (non-hydrogen) atoms. The molecule has 1 aromatic heterocycles. The number of aromatic nitrogens is 2. The van der Waals surface area contributed by atoms with Crippen molar-refractivity contribution in [2.75, 3.05) is 23.0 Å². The second kappa shape index (κ2) is 7.58.